The van der Waals surface area contributed by atoms with E-state index in [1.54, 1.807) is 0 Å². The Morgan fingerprint density at radius 2 is 1.81 bits per heavy atom. The molecule has 1 nitrogen and oxygen atoms in total. The van der Waals surface area contributed by atoms with E-state index in [-0.39, 0.29) is 0 Å². The monoisotopic (exact) mass is 225 g/mol. The highest BCUT2D eigenvalue weighted by Gasteiger charge is 2.34. The third-order valence-electron chi connectivity index (χ3n) is 4.24. The van der Waals surface area contributed by atoms with Gasteiger partial charge in [0.2, 0.25) is 0 Å². The zero-order valence-corrected chi connectivity index (χ0v) is 12.0. The molecule has 2 unspecified atom stereocenters. The average molecular weight is 225 g/mol. The van der Waals surface area contributed by atoms with E-state index in [0.717, 1.165) is 18.4 Å². The quantitative estimate of drug-likeness (QED) is 0.765. The zero-order valence-electron chi connectivity index (χ0n) is 12.0. The van der Waals surface area contributed by atoms with Crippen LogP contribution in [0.2, 0.25) is 0 Å². The van der Waals surface area contributed by atoms with Gasteiger partial charge >= 0.3 is 0 Å². The van der Waals surface area contributed by atoms with Crippen molar-refractivity contribution < 1.29 is 0 Å². The lowest BCUT2D eigenvalue weighted by Crippen LogP contribution is -2.34. The molecule has 1 heteroatoms. The molecule has 0 aromatic rings. The van der Waals surface area contributed by atoms with Crippen molar-refractivity contribution in [2.45, 2.75) is 66.7 Å². The molecule has 0 aliphatic heterocycles. The molecule has 0 bridgehead atoms. The van der Waals surface area contributed by atoms with Crippen molar-refractivity contribution in [3.8, 4) is 0 Å². The van der Waals surface area contributed by atoms with Crippen molar-refractivity contribution in [1.82, 2.24) is 0 Å². The van der Waals surface area contributed by atoms with Crippen molar-refractivity contribution in [1.29, 1.82) is 0 Å². The molecule has 1 saturated carbocycles. The topological polar surface area (TPSA) is 26.0 Å². The summed E-state index contributed by atoms with van der Waals surface area (Å²) in [6.07, 6.45) is 6.79. The van der Waals surface area contributed by atoms with Crippen LogP contribution < -0.4 is 5.73 Å². The maximum Gasteiger partial charge on any atom is -0.00462 e. The molecular formula is C15H31N. The van der Waals surface area contributed by atoms with Gasteiger partial charge in [0, 0.05) is 0 Å². The van der Waals surface area contributed by atoms with Gasteiger partial charge in [-0.15, -0.1) is 0 Å². The molecule has 0 aromatic carbocycles. The molecule has 0 radical (unpaired) electrons. The molecule has 96 valence electrons. The van der Waals surface area contributed by atoms with Crippen molar-refractivity contribution in [3.63, 3.8) is 0 Å². The van der Waals surface area contributed by atoms with Crippen LogP contribution in [0, 0.1) is 22.7 Å². The minimum atomic E-state index is 0.473. The van der Waals surface area contributed by atoms with Crippen LogP contribution in [0.15, 0.2) is 0 Å². The summed E-state index contributed by atoms with van der Waals surface area (Å²) in [4.78, 5) is 0. The second kappa shape index (κ2) is 5.08. The van der Waals surface area contributed by atoms with Gasteiger partial charge in [-0.25, -0.2) is 0 Å². The van der Waals surface area contributed by atoms with E-state index < -0.39 is 0 Å². The Morgan fingerprint density at radius 3 is 2.31 bits per heavy atom. The van der Waals surface area contributed by atoms with Crippen LogP contribution in [0.3, 0.4) is 0 Å². The molecule has 16 heavy (non-hydrogen) atoms. The first kappa shape index (κ1) is 14.0. The first-order valence-electron chi connectivity index (χ1n) is 6.94. The fraction of sp³-hybridized carbons (Fsp3) is 1.00. The average Bonchev–Trinajstić information content (AvgIpc) is 2.12. The Kier molecular flexibility index (Phi) is 4.45. The van der Waals surface area contributed by atoms with Crippen LogP contribution in [0.1, 0.15) is 66.7 Å². The van der Waals surface area contributed by atoms with Gasteiger partial charge in [-0.3, -0.25) is 0 Å². The van der Waals surface area contributed by atoms with Gasteiger partial charge in [0.25, 0.3) is 0 Å². The van der Waals surface area contributed by atoms with Gasteiger partial charge < -0.3 is 5.73 Å². The Morgan fingerprint density at radius 1 is 1.19 bits per heavy atom. The number of hydrogen-bond acceptors (Lipinski definition) is 1. The van der Waals surface area contributed by atoms with E-state index in [1.807, 2.05) is 0 Å². The van der Waals surface area contributed by atoms with Gasteiger partial charge in [-0.05, 0) is 61.3 Å². The SMILES string of the molecule is CC(C)(C)CCC1CC(C)(C)CCC1CN. The summed E-state index contributed by atoms with van der Waals surface area (Å²) in [6, 6.07) is 0. The maximum absolute atomic E-state index is 5.92. The highest BCUT2D eigenvalue weighted by atomic mass is 14.6. The Bertz CT molecular complexity index is 212. The van der Waals surface area contributed by atoms with E-state index in [4.69, 9.17) is 5.73 Å². The first-order valence-corrected chi connectivity index (χ1v) is 6.94. The van der Waals surface area contributed by atoms with Gasteiger partial charge in [0.15, 0.2) is 0 Å². The van der Waals surface area contributed by atoms with Crippen LogP contribution >= 0.6 is 0 Å². The smallest absolute Gasteiger partial charge is 0.00462 e. The summed E-state index contributed by atoms with van der Waals surface area (Å²) >= 11 is 0. The van der Waals surface area contributed by atoms with Gasteiger partial charge in [-0.2, -0.15) is 0 Å². The number of hydrogen-bond donors (Lipinski definition) is 1. The maximum atomic E-state index is 5.92. The van der Waals surface area contributed by atoms with E-state index in [2.05, 4.69) is 34.6 Å². The minimum absolute atomic E-state index is 0.473. The van der Waals surface area contributed by atoms with E-state index in [1.165, 1.54) is 32.1 Å². The Balaban J connectivity index is 2.52. The largest absolute Gasteiger partial charge is 0.330 e. The predicted octanol–water partition coefficient (Wildman–Crippen LogP) is 4.21. The van der Waals surface area contributed by atoms with Crippen LogP contribution in [0.25, 0.3) is 0 Å². The predicted molar refractivity (Wildman–Crippen MR) is 72.4 cm³/mol. The fourth-order valence-corrected chi connectivity index (χ4v) is 3.06. The summed E-state index contributed by atoms with van der Waals surface area (Å²) in [7, 11) is 0. The molecule has 0 saturated heterocycles. The number of nitrogens with two attached hydrogens (primary N) is 1. The van der Waals surface area contributed by atoms with Crippen molar-refractivity contribution >= 4 is 0 Å². The lowest BCUT2D eigenvalue weighted by molar-refractivity contribution is 0.105. The first-order chi connectivity index (χ1) is 7.23. The van der Waals surface area contributed by atoms with Crippen LogP contribution in [0.5, 0.6) is 0 Å². The van der Waals surface area contributed by atoms with Crippen LogP contribution in [0.4, 0.5) is 0 Å². The summed E-state index contributed by atoms with van der Waals surface area (Å²) in [6.45, 7) is 12.8. The van der Waals surface area contributed by atoms with Crippen molar-refractivity contribution in [2.75, 3.05) is 6.54 Å². The molecule has 1 fully saturated rings. The summed E-state index contributed by atoms with van der Waals surface area (Å²) in [5.41, 5.74) is 6.94. The minimum Gasteiger partial charge on any atom is -0.330 e. The Labute approximate surface area is 102 Å². The second-order valence-corrected chi connectivity index (χ2v) is 7.76. The lowest BCUT2D eigenvalue weighted by Gasteiger charge is -2.41. The summed E-state index contributed by atoms with van der Waals surface area (Å²) in [5, 5.41) is 0. The van der Waals surface area contributed by atoms with E-state index in [9.17, 15) is 0 Å². The van der Waals surface area contributed by atoms with Crippen LogP contribution in [-0.2, 0) is 0 Å². The summed E-state index contributed by atoms with van der Waals surface area (Å²) < 4.78 is 0. The van der Waals surface area contributed by atoms with E-state index >= 15 is 0 Å². The highest BCUT2D eigenvalue weighted by molar-refractivity contribution is 4.86. The van der Waals surface area contributed by atoms with Gasteiger partial charge in [0.05, 0.1) is 0 Å². The Hall–Kier alpha value is -0.0400. The molecule has 2 N–H and O–H groups in total. The van der Waals surface area contributed by atoms with Crippen molar-refractivity contribution in [2.24, 2.45) is 28.4 Å². The standard InChI is InChI=1S/C15H31N/c1-14(2,3)8-6-12-10-15(4,5)9-7-13(12)11-16/h12-13H,6-11,16H2,1-5H3. The molecule has 0 amide bonds. The van der Waals surface area contributed by atoms with Crippen molar-refractivity contribution in [3.05, 3.63) is 0 Å². The zero-order chi connectivity index (χ0) is 12.4. The normalized spacial score (nSPS) is 30.4. The fourth-order valence-electron chi connectivity index (χ4n) is 3.06. The molecule has 2 atom stereocenters. The molecule has 1 aliphatic carbocycles. The molecule has 0 spiro atoms. The van der Waals surface area contributed by atoms with Crippen LogP contribution in [-0.4, -0.2) is 6.54 Å². The molecule has 1 aliphatic rings. The second-order valence-electron chi connectivity index (χ2n) is 7.76. The number of rotatable bonds is 3. The molecule has 0 aromatic heterocycles. The lowest BCUT2D eigenvalue weighted by atomic mass is 9.65. The molecular weight excluding hydrogens is 194 g/mol. The van der Waals surface area contributed by atoms with Gasteiger partial charge in [-0.1, -0.05) is 34.6 Å². The third-order valence-corrected chi connectivity index (χ3v) is 4.24. The van der Waals surface area contributed by atoms with E-state index in [0.29, 0.717) is 10.8 Å². The summed E-state index contributed by atoms with van der Waals surface area (Å²) in [5.74, 6) is 1.66. The molecule has 0 heterocycles. The molecule has 1 rings (SSSR count). The third kappa shape index (κ3) is 4.45. The highest BCUT2D eigenvalue weighted by Crippen LogP contribution is 2.44. The van der Waals surface area contributed by atoms with Gasteiger partial charge in [0.1, 0.15) is 0 Å².